The van der Waals surface area contributed by atoms with E-state index in [1.807, 2.05) is 6.92 Å². The highest BCUT2D eigenvalue weighted by molar-refractivity contribution is 5.96. The molecule has 0 saturated carbocycles. The Morgan fingerprint density at radius 2 is 2.19 bits per heavy atom. The molecule has 0 N–H and O–H groups in total. The molecule has 84 valence electrons. The third-order valence-electron chi connectivity index (χ3n) is 2.77. The maximum Gasteiger partial charge on any atom is 0.271 e. The molecule has 0 radical (unpaired) electrons. The molecule has 1 fully saturated rings. The molecular weight excluding hydrogens is 208 g/mol. The van der Waals surface area contributed by atoms with Crippen molar-refractivity contribution in [3.63, 3.8) is 0 Å². The second-order valence-corrected chi connectivity index (χ2v) is 3.88. The number of nitro benzene ring substituents is 1. The minimum Gasteiger partial charge on any atom is -0.312 e. The highest BCUT2D eigenvalue weighted by atomic mass is 16.6. The Morgan fingerprint density at radius 3 is 2.75 bits per heavy atom. The van der Waals surface area contributed by atoms with Gasteiger partial charge in [0.05, 0.1) is 10.6 Å². The SMILES string of the molecule is Cc1ccc([N+](=O)[O-])cc1N1CCCC1=O. The van der Waals surface area contributed by atoms with Crippen molar-refractivity contribution >= 4 is 17.3 Å². The van der Waals surface area contributed by atoms with Crippen molar-refractivity contribution in [2.45, 2.75) is 19.8 Å². The lowest BCUT2D eigenvalue weighted by Crippen LogP contribution is -2.24. The fraction of sp³-hybridized carbons (Fsp3) is 0.364. The van der Waals surface area contributed by atoms with Crippen LogP contribution in [-0.2, 0) is 4.79 Å². The van der Waals surface area contributed by atoms with Crippen LogP contribution in [0.3, 0.4) is 0 Å². The number of benzene rings is 1. The van der Waals surface area contributed by atoms with Crippen molar-refractivity contribution in [2.24, 2.45) is 0 Å². The first-order chi connectivity index (χ1) is 7.59. The minimum atomic E-state index is -0.441. The minimum absolute atomic E-state index is 0.0281. The molecule has 1 aliphatic rings. The molecule has 0 bridgehead atoms. The van der Waals surface area contributed by atoms with Gasteiger partial charge >= 0.3 is 0 Å². The van der Waals surface area contributed by atoms with Crippen LogP contribution in [-0.4, -0.2) is 17.4 Å². The second-order valence-electron chi connectivity index (χ2n) is 3.88. The highest BCUT2D eigenvalue weighted by Crippen LogP contribution is 2.28. The Morgan fingerprint density at radius 1 is 1.44 bits per heavy atom. The van der Waals surface area contributed by atoms with E-state index < -0.39 is 4.92 Å². The standard InChI is InChI=1S/C11H12N2O3/c1-8-4-5-9(13(15)16)7-10(8)12-6-2-3-11(12)14/h4-5,7H,2-3,6H2,1H3. The maximum absolute atomic E-state index is 11.6. The van der Waals surface area contributed by atoms with Gasteiger partial charge in [-0.3, -0.25) is 14.9 Å². The van der Waals surface area contributed by atoms with Crippen molar-refractivity contribution in [1.29, 1.82) is 0 Å². The van der Waals surface area contributed by atoms with Crippen molar-refractivity contribution in [1.82, 2.24) is 0 Å². The highest BCUT2D eigenvalue weighted by Gasteiger charge is 2.24. The third kappa shape index (κ3) is 1.76. The summed E-state index contributed by atoms with van der Waals surface area (Å²) in [6.45, 7) is 2.51. The lowest BCUT2D eigenvalue weighted by Gasteiger charge is -2.17. The largest absolute Gasteiger partial charge is 0.312 e. The Labute approximate surface area is 92.8 Å². The fourth-order valence-corrected chi connectivity index (χ4v) is 1.90. The molecule has 0 aromatic heterocycles. The van der Waals surface area contributed by atoms with Crippen molar-refractivity contribution in [3.8, 4) is 0 Å². The van der Waals surface area contributed by atoms with E-state index in [1.165, 1.54) is 12.1 Å². The van der Waals surface area contributed by atoms with Gasteiger partial charge < -0.3 is 4.90 Å². The molecule has 1 aromatic carbocycles. The van der Waals surface area contributed by atoms with Gasteiger partial charge in [0, 0.05) is 25.1 Å². The molecule has 5 heteroatoms. The summed E-state index contributed by atoms with van der Waals surface area (Å²) in [6, 6.07) is 4.61. The van der Waals surface area contributed by atoms with Crippen molar-refractivity contribution < 1.29 is 9.72 Å². The molecule has 2 rings (SSSR count). The van der Waals surface area contributed by atoms with E-state index in [0.29, 0.717) is 18.7 Å². The van der Waals surface area contributed by atoms with Crippen LogP contribution in [0.4, 0.5) is 11.4 Å². The summed E-state index contributed by atoms with van der Waals surface area (Å²) >= 11 is 0. The predicted molar refractivity (Wildman–Crippen MR) is 59.4 cm³/mol. The van der Waals surface area contributed by atoms with E-state index in [-0.39, 0.29) is 11.6 Å². The monoisotopic (exact) mass is 220 g/mol. The molecule has 16 heavy (non-hydrogen) atoms. The van der Waals surface area contributed by atoms with Crippen LogP contribution in [0.25, 0.3) is 0 Å². The number of hydrogen-bond acceptors (Lipinski definition) is 3. The number of aryl methyl sites for hydroxylation is 1. The van der Waals surface area contributed by atoms with Crippen LogP contribution >= 0.6 is 0 Å². The molecule has 1 saturated heterocycles. The van der Waals surface area contributed by atoms with Crippen LogP contribution < -0.4 is 4.90 Å². The van der Waals surface area contributed by atoms with E-state index in [2.05, 4.69) is 0 Å². The van der Waals surface area contributed by atoms with Crippen molar-refractivity contribution in [3.05, 3.63) is 33.9 Å². The number of non-ortho nitro benzene ring substituents is 1. The number of carbonyl (C=O) groups excluding carboxylic acids is 1. The number of hydrogen-bond donors (Lipinski definition) is 0. The van der Waals surface area contributed by atoms with Crippen LogP contribution in [0.5, 0.6) is 0 Å². The van der Waals surface area contributed by atoms with Gasteiger partial charge in [0.2, 0.25) is 5.91 Å². The summed E-state index contributed by atoms with van der Waals surface area (Å²) in [6.07, 6.45) is 1.35. The van der Waals surface area contributed by atoms with E-state index in [0.717, 1.165) is 12.0 Å². The van der Waals surface area contributed by atoms with Gasteiger partial charge in [-0.15, -0.1) is 0 Å². The smallest absolute Gasteiger partial charge is 0.271 e. The summed E-state index contributed by atoms with van der Waals surface area (Å²) in [5, 5.41) is 10.7. The summed E-state index contributed by atoms with van der Waals surface area (Å²) in [4.78, 5) is 23.4. The average Bonchev–Trinajstić information content (AvgIpc) is 2.65. The number of amides is 1. The number of rotatable bonds is 2. The first-order valence-corrected chi connectivity index (χ1v) is 5.15. The van der Waals surface area contributed by atoms with Gasteiger partial charge in [-0.1, -0.05) is 6.07 Å². The van der Waals surface area contributed by atoms with Gasteiger partial charge in [-0.25, -0.2) is 0 Å². The van der Waals surface area contributed by atoms with E-state index in [9.17, 15) is 14.9 Å². The first kappa shape index (κ1) is 10.6. The van der Waals surface area contributed by atoms with Gasteiger partial charge in [-0.2, -0.15) is 0 Å². The van der Waals surface area contributed by atoms with Gasteiger partial charge in [0.1, 0.15) is 0 Å². The molecule has 0 atom stereocenters. The zero-order valence-corrected chi connectivity index (χ0v) is 8.97. The molecule has 1 amide bonds. The Hall–Kier alpha value is -1.91. The summed E-state index contributed by atoms with van der Waals surface area (Å²) in [5.74, 6) is 0.0450. The second kappa shape index (κ2) is 3.92. The molecule has 5 nitrogen and oxygen atoms in total. The van der Waals surface area contributed by atoms with Gasteiger partial charge in [0.25, 0.3) is 5.69 Å². The fourth-order valence-electron chi connectivity index (χ4n) is 1.90. The molecule has 0 unspecified atom stereocenters. The number of carbonyl (C=O) groups is 1. The summed E-state index contributed by atoms with van der Waals surface area (Å²) in [7, 11) is 0. The Kier molecular flexibility index (Phi) is 2.60. The van der Waals surface area contributed by atoms with Crippen LogP contribution in [0.1, 0.15) is 18.4 Å². The van der Waals surface area contributed by atoms with Gasteiger partial charge in [-0.05, 0) is 18.9 Å². The van der Waals surface area contributed by atoms with E-state index >= 15 is 0 Å². The van der Waals surface area contributed by atoms with E-state index in [1.54, 1.807) is 11.0 Å². The normalized spacial score (nSPS) is 15.6. The Bertz CT molecular complexity index is 457. The van der Waals surface area contributed by atoms with Gasteiger partial charge in [0.15, 0.2) is 0 Å². The topological polar surface area (TPSA) is 63.5 Å². The predicted octanol–water partition coefficient (Wildman–Crippen LogP) is 2.03. The number of nitrogens with zero attached hydrogens (tertiary/aromatic N) is 2. The van der Waals surface area contributed by atoms with Crippen LogP contribution in [0, 0.1) is 17.0 Å². The third-order valence-corrected chi connectivity index (χ3v) is 2.77. The summed E-state index contributed by atoms with van der Waals surface area (Å²) in [5.41, 5.74) is 1.58. The molecule has 0 aliphatic carbocycles. The lowest BCUT2D eigenvalue weighted by atomic mass is 10.1. The van der Waals surface area contributed by atoms with Crippen LogP contribution in [0.15, 0.2) is 18.2 Å². The van der Waals surface area contributed by atoms with E-state index in [4.69, 9.17) is 0 Å². The zero-order chi connectivity index (χ0) is 11.7. The lowest BCUT2D eigenvalue weighted by molar-refractivity contribution is -0.384. The molecule has 1 heterocycles. The molecule has 0 spiro atoms. The average molecular weight is 220 g/mol. The van der Waals surface area contributed by atoms with Crippen molar-refractivity contribution in [2.75, 3.05) is 11.4 Å². The first-order valence-electron chi connectivity index (χ1n) is 5.15. The zero-order valence-electron chi connectivity index (χ0n) is 8.97. The number of anilines is 1. The molecular formula is C11H12N2O3. The molecule has 1 aliphatic heterocycles. The number of nitro groups is 1. The Balaban J connectivity index is 2.42. The quantitative estimate of drug-likeness (QED) is 0.565. The maximum atomic E-state index is 11.6. The molecule has 1 aromatic rings. The summed E-state index contributed by atoms with van der Waals surface area (Å²) < 4.78 is 0. The van der Waals surface area contributed by atoms with Crippen LogP contribution in [0.2, 0.25) is 0 Å².